The van der Waals surface area contributed by atoms with Gasteiger partial charge < -0.3 is 9.64 Å². The second-order valence-electron chi connectivity index (χ2n) is 5.19. The van der Waals surface area contributed by atoms with E-state index in [9.17, 15) is 9.59 Å². The van der Waals surface area contributed by atoms with Crippen molar-refractivity contribution in [3.63, 3.8) is 0 Å². The number of amides is 2. The van der Waals surface area contributed by atoms with Crippen molar-refractivity contribution < 1.29 is 14.3 Å². The number of benzene rings is 1. The first-order valence-electron chi connectivity index (χ1n) is 7.00. The van der Waals surface area contributed by atoms with Gasteiger partial charge in [0.1, 0.15) is 0 Å². The Hall–Kier alpha value is -1.88. The Balaban J connectivity index is 1.72. The molecule has 5 heteroatoms. The Labute approximate surface area is 117 Å². The first-order valence-corrected chi connectivity index (χ1v) is 7.00. The van der Waals surface area contributed by atoms with Gasteiger partial charge in [-0.25, -0.2) is 0 Å². The van der Waals surface area contributed by atoms with Gasteiger partial charge in [0.05, 0.1) is 19.1 Å². The minimum absolute atomic E-state index is 0.170. The molecule has 5 nitrogen and oxygen atoms in total. The van der Waals surface area contributed by atoms with E-state index < -0.39 is 0 Å². The van der Waals surface area contributed by atoms with Crippen LogP contribution in [0.2, 0.25) is 0 Å². The summed E-state index contributed by atoms with van der Waals surface area (Å²) in [6, 6.07) is 8.07. The van der Waals surface area contributed by atoms with Crippen molar-refractivity contribution in [1.29, 1.82) is 0 Å². The van der Waals surface area contributed by atoms with Gasteiger partial charge in [-0.2, -0.15) is 0 Å². The molecule has 2 amide bonds. The van der Waals surface area contributed by atoms with E-state index in [0.717, 1.165) is 37.6 Å². The predicted octanol–water partition coefficient (Wildman–Crippen LogP) is 1.04. The van der Waals surface area contributed by atoms with E-state index in [2.05, 4.69) is 10.2 Å². The third-order valence-corrected chi connectivity index (χ3v) is 3.91. The number of rotatable bonds is 2. The monoisotopic (exact) mass is 274 g/mol. The van der Waals surface area contributed by atoms with Gasteiger partial charge in [0.15, 0.2) is 0 Å². The highest BCUT2D eigenvalue weighted by Gasteiger charge is 2.27. The minimum Gasteiger partial charge on any atom is -0.378 e. The lowest BCUT2D eigenvalue weighted by molar-refractivity contribution is -0.134. The molecule has 2 aliphatic heterocycles. The molecule has 2 saturated heterocycles. The van der Waals surface area contributed by atoms with Crippen molar-refractivity contribution >= 4 is 17.5 Å². The van der Waals surface area contributed by atoms with Gasteiger partial charge >= 0.3 is 0 Å². The summed E-state index contributed by atoms with van der Waals surface area (Å²) < 4.78 is 5.34. The van der Waals surface area contributed by atoms with Gasteiger partial charge in [-0.05, 0) is 24.1 Å². The molecule has 1 aromatic rings. The van der Waals surface area contributed by atoms with E-state index in [4.69, 9.17) is 4.74 Å². The van der Waals surface area contributed by atoms with Crippen LogP contribution in [0.25, 0.3) is 0 Å². The molecule has 0 spiro atoms. The zero-order valence-corrected chi connectivity index (χ0v) is 11.3. The molecule has 3 rings (SSSR count). The number of ether oxygens (including phenoxy) is 1. The molecular weight excluding hydrogens is 256 g/mol. The van der Waals surface area contributed by atoms with Gasteiger partial charge in [0.25, 0.3) is 0 Å². The Morgan fingerprint density at radius 3 is 2.45 bits per heavy atom. The molecule has 2 fully saturated rings. The number of nitrogens with one attached hydrogen (secondary N) is 1. The van der Waals surface area contributed by atoms with E-state index in [-0.39, 0.29) is 17.7 Å². The Morgan fingerprint density at radius 1 is 1.10 bits per heavy atom. The molecule has 0 aliphatic carbocycles. The molecule has 1 unspecified atom stereocenters. The van der Waals surface area contributed by atoms with Crippen LogP contribution in [-0.4, -0.2) is 38.1 Å². The third-order valence-electron chi connectivity index (χ3n) is 3.91. The van der Waals surface area contributed by atoms with Crippen molar-refractivity contribution in [3.05, 3.63) is 29.8 Å². The third kappa shape index (κ3) is 2.67. The quantitative estimate of drug-likeness (QED) is 0.819. The first-order chi connectivity index (χ1) is 9.74. The molecule has 1 aromatic carbocycles. The summed E-state index contributed by atoms with van der Waals surface area (Å²) in [7, 11) is 0. The maximum Gasteiger partial charge on any atom is 0.234 e. The summed E-state index contributed by atoms with van der Waals surface area (Å²) in [6.45, 7) is 3.32. The van der Waals surface area contributed by atoms with Crippen molar-refractivity contribution in [1.82, 2.24) is 5.32 Å². The number of anilines is 1. The molecule has 0 bridgehead atoms. The number of morpholine rings is 1. The minimum atomic E-state index is -0.202. The fourth-order valence-corrected chi connectivity index (χ4v) is 2.75. The van der Waals surface area contributed by atoms with Gasteiger partial charge in [0, 0.05) is 25.2 Å². The van der Waals surface area contributed by atoms with Crippen LogP contribution in [-0.2, 0) is 14.3 Å². The zero-order valence-electron chi connectivity index (χ0n) is 11.3. The highest BCUT2D eigenvalue weighted by molar-refractivity contribution is 6.00. The number of piperidine rings is 1. The summed E-state index contributed by atoms with van der Waals surface area (Å²) in [5.74, 6) is -0.553. The lowest BCUT2D eigenvalue weighted by Crippen LogP contribution is -2.39. The summed E-state index contributed by atoms with van der Waals surface area (Å²) in [6.07, 6.45) is 1.02. The average Bonchev–Trinajstić information content (AvgIpc) is 2.48. The van der Waals surface area contributed by atoms with E-state index >= 15 is 0 Å². The van der Waals surface area contributed by atoms with Crippen molar-refractivity contribution in [2.45, 2.75) is 18.8 Å². The summed E-state index contributed by atoms with van der Waals surface area (Å²) in [5.41, 5.74) is 2.14. The molecular formula is C15H18N2O3. The second-order valence-corrected chi connectivity index (χ2v) is 5.19. The number of nitrogens with zero attached hydrogens (tertiary/aromatic N) is 1. The van der Waals surface area contributed by atoms with Crippen LogP contribution in [0.15, 0.2) is 24.3 Å². The number of carbonyl (C=O) groups is 2. The standard InChI is InChI=1S/C15H18N2O3/c18-14-6-5-13(15(19)16-14)11-1-3-12(4-2-11)17-7-9-20-10-8-17/h1-4,13H,5-10H2,(H,16,18,19). The SMILES string of the molecule is O=C1CCC(c2ccc(N3CCOCC3)cc2)C(=O)N1. The van der Waals surface area contributed by atoms with Gasteiger partial charge in [-0.1, -0.05) is 12.1 Å². The Morgan fingerprint density at radius 2 is 1.80 bits per heavy atom. The molecule has 0 aromatic heterocycles. The lowest BCUT2D eigenvalue weighted by atomic mass is 9.90. The molecule has 1 N–H and O–H groups in total. The van der Waals surface area contributed by atoms with Crippen molar-refractivity contribution in [2.75, 3.05) is 31.2 Å². The molecule has 106 valence electrons. The van der Waals surface area contributed by atoms with Crippen LogP contribution in [0.5, 0.6) is 0 Å². The number of hydrogen-bond acceptors (Lipinski definition) is 4. The largest absolute Gasteiger partial charge is 0.378 e. The normalized spacial score (nSPS) is 23.6. The zero-order chi connectivity index (χ0) is 13.9. The van der Waals surface area contributed by atoms with E-state index in [0.29, 0.717) is 12.8 Å². The molecule has 2 heterocycles. The van der Waals surface area contributed by atoms with Crippen LogP contribution in [0.3, 0.4) is 0 Å². The summed E-state index contributed by atoms with van der Waals surface area (Å²) in [5, 5.41) is 2.40. The van der Waals surface area contributed by atoms with Gasteiger partial charge in [-0.15, -0.1) is 0 Å². The Kier molecular flexibility index (Phi) is 3.69. The van der Waals surface area contributed by atoms with Gasteiger partial charge in [0.2, 0.25) is 11.8 Å². The highest BCUT2D eigenvalue weighted by Crippen LogP contribution is 2.27. The fourth-order valence-electron chi connectivity index (χ4n) is 2.75. The molecule has 0 saturated carbocycles. The molecule has 20 heavy (non-hydrogen) atoms. The van der Waals surface area contributed by atoms with E-state index in [1.165, 1.54) is 0 Å². The maximum atomic E-state index is 11.8. The van der Waals surface area contributed by atoms with E-state index in [1.54, 1.807) is 0 Å². The fraction of sp³-hybridized carbons (Fsp3) is 0.467. The van der Waals surface area contributed by atoms with Crippen LogP contribution in [0, 0.1) is 0 Å². The summed E-state index contributed by atoms with van der Waals surface area (Å²) >= 11 is 0. The smallest absolute Gasteiger partial charge is 0.234 e. The van der Waals surface area contributed by atoms with E-state index in [1.807, 2.05) is 24.3 Å². The Bertz CT molecular complexity index is 506. The lowest BCUT2D eigenvalue weighted by Gasteiger charge is -2.29. The van der Waals surface area contributed by atoms with Crippen LogP contribution in [0.1, 0.15) is 24.3 Å². The highest BCUT2D eigenvalue weighted by atomic mass is 16.5. The van der Waals surface area contributed by atoms with Crippen LogP contribution in [0.4, 0.5) is 5.69 Å². The topological polar surface area (TPSA) is 58.6 Å². The maximum absolute atomic E-state index is 11.8. The number of hydrogen-bond donors (Lipinski definition) is 1. The average molecular weight is 274 g/mol. The molecule has 2 aliphatic rings. The van der Waals surface area contributed by atoms with Crippen LogP contribution < -0.4 is 10.2 Å². The first kappa shape index (κ1) is 13.1. The predicted molar refractivity (Wildman–Crippen MR) is 74.6 cm³/mol. The number of carbonyl (C=O) groups excluding carboxylic acids is 2. The van der Waals surface area contributed by atoms with Crippen molar-refractivity contribution in [2.24, 2.45) is 0 Å². The van der Waals surface area contributed by atoms with Crippen LogP contribution >= 0.6 is 0 Å². The molecule has 1 atom stereocenters. The summed E-state index contributed by atoms with van der Waals surface area (Å²) in [4.78, 5) is 25.3. The van der Waals surface area contributed by atoms with Gasteiger partial charge in [-0.3, -0.25) is 14.9 Å². The number of imide groups is 1. The molecule has 0 radical (unpaired) electrons. The second kappa shape index (κ2) is 5.63. The van der Waals surface area contributed by atoms with Crippen molar-refractivity contribution in [3.8, 4) is 0 Å².